The number of fused-ring (bicyclic) bond motifs is 1. The molecular formula is C20H28N8O2. The lowest BCUT2D eigenvalue weighted by Gasteiger charge is -2.28. The number of aliphatic hydroxyl groups is 1. The van der Waals surface area contributed by atoms with Crippen LogP contribution in [0.5, 0.6) is 0 Å². The van der Waals surface area contributed by atoms with Crippen molar-refractivity contribution in [1.82, 2.24) is 29.5 Å². The monoisotopic (exact) mass is 412 g/mol. The Kier molecular flexibility index (Phi) is 5.29. The van der Waals surface area contributed by atoms with Gasteiger partial charge in [-0.25, -0.2) is 24.9 Å². The lowest BCUT2D eigenvalue weighted by atomic mass is 9.96. The summed E-state index contributed by atoms with van der Waals surface area (Å²) < 4.78 is 7.51. The van der Waals surface area contributed by atoms with E-state index < -0.39 is 0 Å². The van der Waals surface area contributed by atoms with Gasteiger partial charge in [0.25, 0.3) is 0 Å². The van der Waals surface area contributed by atoms with Gasteiger partial charge in [0.15, 0.2) is 22.8 Å². The van der Waals surface area contributed by atoms with E-state index in [9.17, 15) is 5.11 Å². The second-order valence-corrected chi connectivity index (χ2v) is 8.43. The maximum Gasteiger partial charge on any atom is 0.220 e. The summed E-state index contributed by atoms with van der Waals surface area (Å²) in [6, 6.07) is 0. The van der Waals surface area contributed by atoms with Crippen molar-refractivity contribution in [3.63, 3.8) is 0 Å². The normalized spacial score (nSPS) is 15.2. The van der Waals surface area contributed by atoms with E-state index in [4.69, 9.17) is 25.4 Å². The van der Waals surface area contributed by atoms with Gasteiger partial charge in [-0.05, 0) is 6.92 Å². The lowest BCUT2D eigenvalue weighted by molar-refractivity contribution is 0.122. The third-order valence-electron chi connectivity index (χ3n) is 5.12. The van der Waals surface area contributed by atoms with Gasteiger partial charge in [-0.1, -0.05) is 20.8 Å². The molecule has 1 saturated heterocycles. The van der Waals surface area contributed by atoms with Crippen LogP contribution >= 0.6 is 0 Å². The van der Waals surface area contributed by atoms with Gasteiger partial charge in [-0.2, -0.15) is 0 Å². The minimum Gasteiger partial charge on any atom is -0.395 e. The third kappa shape index (κ3) is 3.68. The number of rotatable bonds is 4. The van der Waals surface area contributed by atoms with E-state index in [-0.39, 0.29) is 18.0 Å². The Morgan fingerprint density at radius 3 is 2.50 bits per heavy atom. The van der Waals surface area contributed by atoms with Crippen molar-refractivity contribution in [3.8, 4) is 11.4 Å². The molecule has 0 saturated carbocycles. The summed E-state index contributed by atoms with van der Waals surface area (Å²) in [4.78, 5) is 25.2. The standard InChI is InChI=1S/C20H28N8O2/c1-12-13(11-22-19(21)23-12)15-25-16(27-6-9-30-10-7-27)14-17(26-15)28(5-8-29)18(24-14)20(2,3)4/h11,29H,5-10H2,1-4H3,(H2,21,22,23). The van der Waals surface area contributed by atoms with Crippen molar-refractivity contribution in [3.05, 3.63) is 17.7 Å². The summed E-state index contributed by atoms with van der Waals surface area (Å²) >= 11 is 0. The van der Waals surface area contributed by atoms with E-state index in [2.05, 4.69) is 35.6 Å². The largest absolute Gasteiger partial charge is 0.395 e. The average molecular weight is 412 g/mol. The molecule has 1 aliphatic heterocycles. The fourth-order valence-electron chi connectivity index (χ4n) is 3.69. The molecule has 0 atom stereocenters. The molecule has 4 rings (SSSR count). The number of ether oxygens (including phenoxy) is 1. The van der Waals surface area contributed by atoms with Crippen LogP contribution in [-0.2, 0) is 16.7 Å². The Balaban J connectivity index is 2.00. The number of nitrogens with two attached hydrogens (primary N) is 1. The van der Waals surface area contributed by atoms with Gasteiger partial charge in [-0.3, -0.25) is 0 Å². The molecule has 4 heterocycles. The van der Waals surface area contributed by atoms with Gasteiger partial charge in [-0.15, -0.1) is 0 Å². The van der Waals surface area contributed by atoms with Crippen molar-refractivity contribution in [2.45, 2.75) is 39.7 Å². The predicted octanol–water partition coefficient (Wildman–Crippen LogP) is 1.30. The highest BCUT2D eigenvalue weighted by Gasteiger charge is 2.28. The minimum absolute atomic E-state index is 0.00915. The van der Waals surface area contributed by atoms with Crippen LogP contribution in [0.25, 0.3) is 22.6 Å². The molecule has 0 amide bonds. The van der Waals surface area contributed by atoms with Crippen LogP contribution in [0.15, 0.2) is 6.20 Å². The Morgan fingerprint density at radius 2 is 1.87 bits per heavy atom. The minimum atomic E-state index is -0.224. The van der Waals surface area contributed by atoms with Crippen LogP contribution in [0.3, 0.4) is 0 Å². The molecule has 0 aromatic carbocycles. The van der Waals surface area contributed by atoms with Crippen molar-refractivity contribution in [2.24, 2.45) is 0 Å². The molecule has 0 unspecified atom stereocenters. The first-order valence-corrected chi connectivity index (χ1v) is 10.1. The number of nitrogen functional groups attached to an aromatic ring is 1. The predicted molar refractivity (Wildman–Crippen MR) is 114 cm³/mol. The van der Waals surface area contributed by atoms with Crippen LogP contribution in [0, 0.1) is 6.92 Å². The van der Waals surface area contributed by atoms with Gasteiger partial charge in [0.1, 0.15) is 5.82 Å². The second kappa shape index (κ2) is 7.77. The Morgan fingerprint density at radius 1 is 1.13 bits per heavy atom. The number of anilines is 2. The van der Waals surface area contributed by atoms with Gasteiger partial charge in [0.05, 0.1) is 31.1 Å². The molecule has 0 radical (unpaired) electrons. The second-order valence-electron chi connectivity index (χ2n) is 8.43. The topological polar surface area (TPSA) is 128 Å². The van der Waals surface area contributed by atoms with E-state index in [1.807, 2.05) is 11.5 Å². The molecule has 1 fully saturated rings. The Bertz CT molecular complexity index is 1070. The molecule has 3 aromatic heterocycles. The van der Waals surface area contributed by atoms with E-state index in [1.165, 1.54) is 0 Å². The fourth-order valence-corrected chi connectivity index (χ4v) is 3.69. The smallest absolute Gasteiger partial charge is 0.220 e. The van der Waals surface area contributed by atoms with Crippen LogP contribution in [0.1, 0.15) is 32.3 Å². The molecule has 0 aliphatic carbocycles. The first-order chi connectivity index (χ1) is 14.3. The third-order valence-corrected chi connectivity index (χ3v) is 5.12. The number of aromatic nitrogens is 6. The van der Waals surface area contributed by atoms with Crippen LogP contribution in [0.2, 0.25) is 0 Å². The summed E-state index contributed by atoms with van der Waals surface area (Å²) in [7, 11) is 0. The van der Waals surface area contributed by atoms with Crippen LogP contribution in [-0.4, -0.2) is 67.5 Å². The molecule has 1 aliphatic rings. The summed E-state index contributed by atoms with van der Waals surface area (Å²) in [5, 5.41) is 9.71. The number of hydrogen-bond donors (Lipinski definition) is 2. The highest BCUT2D eigenvalue weighted by molar-refractivity contribution is 5.86. The summed E-state index contributed by atoms with van der Waals surface area (Å²) in [5.41, 5.74) is 8.35. The summed E-state index contributed by atoms with van der Waals surface area (Å²) in [6.07, 6.45) is 1.65. The van der Waals surface area contributed by atoms with Crippen molar-refractivity contribution >= 4 is 22.9 Å². The zero-order chi connectivity index (χ0) is 21.5. The zero-order valence-corrected chi connectivity index (χ0v) is 17.9. The molecule has 160 valence electrons. The number of hydrogen-bond acceptors (Lipinski definition) is 9. The zero-order valence-electron chi connectivity index (χ0n) is 17.9. The number of morpholine rings is 1. The quantitative estimate of drug-likeness (QED) is 0.651. The fraction of sp³-hybridized carbons (Fsp3) is 0.550. The van der Waals surface area contributed by atoms with E-state index >= 15 is 0 Å². The average Bonchev–Trinajstić information content (AvgIpc) is 3.07. The first-order valence-electron chi connectivity index (χ1n) is 10.1. The van der Waals surface area contributed by atoms with E-state index in [0.717, 1.165) is 35.8 Å². The lowest BCUT2D eigenvalue weighted by Crippen LogP contribution is -2.37. The van der Waals surface area contributed by atoms with E-state index in [0.29, 0.717) is 36.9 Å². The highest BCUT2D eigenvalue weighted by atomic mass is 16.5. The highest BCUT2D eigenvalue weighted by Crippen LogP contribution is 2.32. The number of nitrogens with zero attached hydrogens (tertiary/aromatic N) is 7. The molecule has 0 spiro atoms. The molecule has 10 nitrogen and oxygen atoms in total. The maximum atomic E-state index is 9.71. The van der Waals surface area contributed by atoms with Crippen molar-refractivity contribution in [1.29, 1.82) is 0 Å². The number of aryl methyl sites for hydroxylation is 1. The van der Waals surface area contributed by atoms with Gasteiger partial charge >= 0.3 is 0 Å². The Labute approximate surface area is 175 Å². The van der Waals surface area contributed by atoms with Crippen LogP contribution < -0.4 is 10.6 Å². The first kappa shape index (κ1) is 20.4. The molecule has 3 aromatic rings. The number of aliphatic hydroxyl groups excluding tert-OH is 1. The van der Waals surface area contributed by atoms with Gasteiger partial charge in [0.2, 0.25) is 5.95 Å². The van der Waals surface area contributed by atoms with Crippen molar-refractivity contribution in [2.75, 3.05) is 43.5 Å². The maximum absolute atomic E-state index is 9.71. The van der Waals surface area contributed by atoms with Crippen LogP contribution in [0.4, 0.5) is 11.8 Å². The molecule has 30 heavy (non-hydrogen) atoms. The Hall–Kier alpha value is -2.85. The molecular weight excluding hydrogens is 384 g/mol. The SMILES string of the molecule is Cc1nc(N)ncc1-c1nc(N2CCOCC2)c2nc(C(C)(C)C)n(CCO)c2n1. The number of imidazole rings is 1. The molecule has 0 bridgehead atoms. The van der Waals surface area contributed by atoms with Gasteiger partial charge in [0, 0.05) is 31.2 Å². The summed E-state index contributed by atoms with van der Waals surface area (Å²) in [5.74, 6) is 2.35. The van der Waals surface area contributed by atoms with Crippen molar-refractivity contribution < 1.29 is 9.84 Å². The summed E-state index contributed by atoms with van der Waals surface area (Å²) in [6.45, 7) is 11.3. The van der Waals surface area contributed by atoms with Gasteiger partial charge < -0.3 is 25.0 Å². The molecule has 3 N–H and O–H groups in total. The molecule has 10 heteroatoms. The van der Waals surface area contributed by atoms with E-state index in [1.54, 1.807) is 6.20 Å².